The Labute approximate surface area is 165 Å². The number of ketones is 1. The van der Waals surface area contributed by atoms with Crippen molar-refractivity contribution in [3.05, 3.63) is 27.7 Å². The molecule has 0 amide bonds. The summed E-state index contributed by atoms with van der Waals surface area (Å²) in [5, 5.41) is 0.743. The van der Waals surface area contributed by atoms with Crippen LogP contribution in [0, 0.1) is 0 Å². The fraction of sp³-hybridized carbons (Fsp3) is 0.579. The van der Waals surface area contributed by atoms with Gasteiger partial charge < -0.3 is 15.2 Å². The third-order valence-electron chi connectivity index (χ3n) is 3.55. The minimum atomic E-state index is -0.708. The lowest BCUT2D eigenvalue weighted by Crippen LogP contribution is -2.32. The number of ether oxygens (including phenoxy) is 2. The summed E-state index contributed by atoms with van der Waals surface area (Å²) in [7, 11) is 0. The smallest absolute Gasteiger partial charge is 0.306 e. The van der Waals surface area contributed by atoms with Crippen molar-refractivity contribution < 1.29 is 19.1 Å². The van der Waals surface area contributed by atoms with Crippen molar-refractivity contribution in [2.75, 3.05) is 6.61 Å². The maximum Gasteiger partial charge on any atom is 0.306 e. The van der Waals surface area contributed by atoms with E-state index in [-0.39, 0.29) is 31.0 Å². The highest BCUT2D eigenvalue weighted by Crippen LogP contribution is 2.35. The van der Waals surface area contributed by atoms with Gasteiger partial charge in [-0.15, -0.1) is 0 Å². The Morgan fingerprint density at radius 3 is 2.42 bits per heavy atom. The molecule has 0 aromatic heterocycles. The first kappa shape index (κ1) is 22.7. The van der Waals surface area contributed by atoms with E-state index in [9.17, 15) is 9.59 Å². The molecule has 2 N–H and O–H groups in total. The summed E-state index contributed by atoms with van der Waals surface area (Å²) in [6.45, 7) is 7.67. The Bertz CT molecular complexity index is 641. The fourth-order valence-corrected chi connectivity index (χ4v) is 2.73. The molecular weight excluding hydrogens is 377 g/mol. The van der Waals surface area contributed by atoms with Crippen molar-refractivity contribution in [3.8, 4) is 5.75 Å². The molecule has 0 saturated heterocycles. The van der Waals surface area contributed by atoms with E-state index < -0.39 is 11.6 Å². The highest BCUT2D eigenvalue weighted by atomic mass is 35.5. The molecule has 0 aliphatic rings. The van der Waals surface area contributed by atoms with Gasteiger partial charge in [0, 0.05) is 12.8 Å². The van der Waals surface area contributed by atoms with Crippen LogP contribution >= 0.6 is 23.2 Å². The van der Waals surface area contributed by atoms with E-state index in [0.717, 1.165) is 5.56 Å². The summed E-state index contributed by atoms with van der Waals surface area (Å²) in [6, 6.07) is 2.76. The van der Waals surface area contributed by atoms with Gasteiger partial charge in [-0.3, -0.25) is 9.59 Å². The lowest BCUT2D eigenvalue weighted by Gasteiger charge is -2.20. The Kier molecular flexibility index (Phi) is 8.87. The molecule has 1 aromatic rings. The molecule has 1 rings (SSSR count). The third kappa shape index (κ3) is 7.52. The van der Waals surface area contributed by atoms with E-state index in [1.165, 1.54) is 0 Å². The summed E-state index contributed by atoms with van der Waals surface area (Å²) >= 11 is 12.2. The molecule has 0 saturated carbocycles. The van der Waals surface area contributed by atoms with Crippen LogP contribution in [0.4, 0.5) is 0 Å². The highest BCUT2D eigenvalue weighted by molar-refractivity contribution is 6.43. The molecule has 0 aliphatic heterocycles. The van der Waals surface area contributed by atoms with Gasteiger partial charge in [0.1, 0.15) is 22.2 Å². The van der Waals surface area contributed by atoms with Crippen LogP contribution in [0.5, 0.6) is 5.75 Å². The van der Waals surface area contributed by atoms with Crippen LogP contribution in [0.25, 0.3) is 0 Å². The van der Waals surface area contributed by atoms with Crippen LogP contribution in [-0.4, -0.2) is 30.0 Å². The Balaban J connectivity index is 2.58. The summed E-state index contributed by atoms with van der Waals surface area (Å²) in [5.74, 6) is 0.0164. The minimum Gasteiger partial charge on any atom is -0.492 e. The van der Waals surface area contributed by atoms with Gasteiger partial charge in [0.25, 0.3) is 0 Å². The molecule has 0 radical (unpaired) electrons. The summed E-state index contributed by atoms with van der Waals surface area (Å²) in [6.07, 6.45) is 1.04. The maximum atomic E-state index is 12.3. The average Bonchev–Trinajstić information content (AvgIpc) is 2.54. The van der Waals surface area contributed by atoms with Crippen LogP contribution in [0.2, 0.25) is 10.0 Å². The van der Waals surface area contributed by atoms with Crippen molar-refractivity contribution in [1.29, 1.82) is 0 Å². The van der Waals surface area contributed by atoms with E-state index in [0.29, 0.717) is 28.8 Å². The second-order valence-electron chi connectivity index (χ2n) is 6.98. The number of carbonyl (C=O) groups excluding carboxylic acids is 2. The topological polar surface area (TPSA) is 78.6 Å². The van der Waals surface area contributed by atoms with E-state index in [2.05, 4.69) is 0 Å². The molecule has 1 atom stereocenters. The first-order valence-corrected chi connectivity index (χ1v) is 9.40. The van der Waals surface area contributed by atoms with Crippen molar-refractivity contribution in [2.45, 2.75) is 65.0 Å². The minimum absolute atomic E-state index is 0.112. The Morgan fingerprint density at radius 2 is 1.85 bits per heavy atom. The van der Waals surface area contributed by atoms with E-state index >= 15 is 0 Å². The lowest BCUT2D eigenvalue weighted by atomic mass is 10.00. The maximum absolute atomic E-state index is 12.3. The number of hydrogen-bond donors (Lipinski definition) is 1. The van der Waals surface area contributed by atoms with E-state index in [1.807, 2.05) is 6.92 Å². The van der Waals surface area contributed by atoms with Crippen LogP contribution in [-0.2, 0) is 20.7 Å². The van der Waals surface area contributed by atoms with Gasteiger partial charge in [-0.2, -0.15) is 0 Å². The second kappa shape index (κ2) is 10.1. The lowest BCUT2D eigenvalue weighted by molar-refractivity contribution is -0.155. The number of Topliss-reactive ketones (excluding diaryl/α,β-unsaturated/α-hetero) is 1. The number of aryl methyl sites for hydroxylation is 1. The predicted molar refractivity (Wildman–Crippen MR) is 104 cm³/mol. The number of hydrogen-bond acceptors (Lipinski definition) is 5. The average molecular weight is 404 g/mol. The Morgan fingerprint density at radius 1 is 1.19 bits per heavy atom. The van der Waals surface area contributed by atoms with E-state index in [4.69, 9.17) is 38.4 Å². The normalized spacial score (nSPS) is 12.6. The summed E-state index contributed by atoms with van der Waals surface area (Å²) in [4.78, 5) is 24.0. The Hall–Kier alpha value is -1.30. The van der Waals surface area contributed by atoms with Crippen LogP contribution in [0.1, 0.15) is 52.5 Å². The first-order chi connectivity index (χ1) is 12.0. The van der Waals surface area contributed by atoms with Crippen LogP contribution < -0.4 is 10.5 Å². The van der Waals surface area contributed by atoms with Gasteiger partial charge in [-0.1, -0.05) is 29.3 Å². The molecule has 0 fully saturated rings. The van der Waals surface area contributed by atoms with Crippen molar-refractivity contribution >= 4 is 35.0 Å². The number of benzene rings is 1. The van der Waals surface area contributed by atoms with Gasteiger partial charge in [-0.25, -0.2) is 0 Å². The van der Waals surface area contributed by atoms with Crippen molar-refractivity contribution in [3.63, 3.8) is 0 Å². The molecule has 1 aromatic carbocycles. The number of nitrogens with two attached hydrogens (primary N) is 1. The second-order valence-corrected chi connectivity index (χ2v) is 7.77. The van der Waals surface area contributed by atoms with Gasteiger partial charge in [0.05, 0.1) is 17.7 Å². The first-order valence-electron chi connectivity index (χ1n) is 8.65. The molecular formula is C19H27Cl2NO4. The zero-order chi connectivity index (χ0) is 19.9. The van der Waals surface area contributed by atoms with Gasteiger partial charge >= 0.3 is 5.97 Å². The molecule has 0 unspecified atom stereocenters. The monoisotopic (exact) mass is 403 g/mol. The van der Waals surface area contributed by atoms with E-state index in [1.54, 1.807) is 32.9 Å². The highest BCUT2D eigenvalue weighted by Gasteiger charge is 2.20. The van der Waals surface area contributed by atoms with Crippen LogP contribution in [0.15, 0.2) is 12.1 Å². The molecule has 146 valence electrons. The van der Waals surface area contributed by atoms with Crippen molar-refractivity contribution in [1.82, 2.24) is 0 Å². The molecule has 0 bridgehead atoms. The SMILES string of the molecule is CCOc1c(CCC(=O)[C@H](N)CCC(=O)OC(C)(C)C)ccc(Cl)c1Cl. The third-order valence-corrected chi connectivity index (χ3v) is 4.34. The van der Waals surface area contributed by atoms with Gasteiger partial charge in [0.2, 0.25) is 0 Å². The van der Waals surface area contributed by atoms with Gasteiger partial charge in [0.15, 0.2) is 0 Å². The number of carbonyl (C=O) groups is 2. The van der Waals surface area contributed by atoms with Crippen molar-refractivity contribution in [2.24, 2.45) is 5.73 Å². The zero-order valence-electron chi connectivity index (χ0n) is 15.7. The van der Waals surface area contributed by atoms with Gasteiger partial charge in [-0.05, 0) is 52.2 Å². The molecule has 5 nitrogen and oxygen atoms in total. The fourth-order valence-electron chi connectivity index (χ4n) is 2.34. The van der Waals surface area contributed by atoms with Crippen LogP contribution in [0.3, 0.4) is 0 Å². The zero-order valence-corrected chi connectivity index (χ0v) is 17.2. The molecule has 26 heavy (non-hydrogen) atoms. The standard InChI is InChI=1S/C19H27Cl2NO4/c1-5-25-18-12(6-8-13(20)17(18)21)7-10-15(23)14(22)9-11-16(24)26-19(2,3)4/h6,8,14H,5,7,9-11,22H2,1-4H3/t14-/m1/s1. The quantitative estimate of drug-likeness (QED) is 0.620. The largest absolute Gasteiger partial charge is 0.492 e. The number of halogens is 2. The molecule has 0 heterocycles. The number of rotatable bonds is 9. The molecule has 0 aliphatic carbocycles. The summed E-state index contributed by atoms with van der Waals surface area (Å²) in [5.41, 5.74) is 6.16. The number of esters is 1. The molecule has 0 spiro atoms. The predicted octanol–water partition coefficient (Wildman–Crippen LogP) is 4.34. The summed E-state index contributed by atoms with van der Waals surface area (Å²) < 4.78 is 10.8. The molecule has 7 heteroatoms.